The van der Waals surface area contributed by atoms with Gasteiger partial charge in [0, 0.05) is 18.4 Å². The molecule has 5 heteroatoms. The second-order valence-electron chi connectivity index (χ2n) is 3.92. The highest BCUT2D eigenvalue weighted by molar-refractivity contribution is 5.99. The summed E-state index contributed by atoms with van der Waals surface area (Å²) in [6.45, 7) is 2.73. The number of carbonyl (C=O) groups is 2. The van der Waals surface area contributed by atoms with Gasteiger partial charge in [-0.05, 0) is 13.0 Å². The fourth-order valence-electron chi connectivity index (χ4n) is 1.50. The Hall–Kier alpha value is -1.65. The molecule has 0 heterocycles. The fourth-order valence-corrected chi connectivity index (χ4v) is 1.50. The third-order valence-corrected chi connectivity index (χ3v) is 2.32. The third kappa shape index (κ3) is 3.15. The minimum Gasteiger partial charge on any atom is -0.300 e. The Morgan fingerprint density at radius 1 is 1.12 bits per heavy atom. The lowest BCUT2D eigenvalue weighted by Crippen LogP contribution is -2.16. The number of halogens is 3. The first kappa shape index (κ1) is 13.4. The highest BCUT2D eigenvalue weighted by Crippen LogP contribution is 2.19. The molecule has 0 amide bonds. The van der Waals surface area contributed by atoms with Crippen LogP contribution in [0.15, 0.2) is 12.1 Å². The van der Waals surface area contributed by atoms with E-state index < -0.39 is 34.7 Å². The number of hydrogen-bond acceptors (Lipinski definition) is 2. The molecule has 0 bridgehead atoms. The first-order valence-corrected chi connectivity index (χ1v) is 5.01. The lowest BCUT2D eigenvalue weighted by atomic mass is 9.94. The van der Waals surface area contributed by atoms with Gasteiger partial charge in [-0.1, -0.05) is 6.92 Å². The van der Waals surface area contributed by atoms with Crippen LogP contribution < -0.4 is 0 Å². The molecule has 0 saturated heterocycles. The monoisotopic (exact) mass is 244 g/mol. The van der Waals surface area contributed by atoms with Gasteiger partial charge < -0.3 is 4.79 Å². The minimum atomic E-state index is -1.35. The summed E-state index contributed by atoms with van der Waals surface area (Å²) in [6, 6.07) is 0.840. The lowest BCUT2D eigenvalue weighted by molar-refractivity contribution is -0.117. The molecule has 0 N–H and O–H groups in total. The van der Waals surface area contributed by atoms with Crippen LogP contribution >= 0.6 is 0 Å². The number of rotatable bonds is 4. The molecule has 1 rings (SSSR count). The first-order valence-electron chi connectivity index (χ1n) is 5.01. The molecule has 0 fully saturated rings. The Bertz CT molecular complexity index is 469. The van der Waals surface area contributed by atoms with Crippen LogP contribution in [0.2, 0.25) is 0 Å². The molecular weight excluding hydrogens is 233 g/mol. The topological polar surface area (TPSA) is 34.1 Å². The average Bonchev–Trinajstić information content (AvgIpc) is 2.21. The van der Waals surface area contributed by atoms with Gasteiger partial charge in [0.2, 0.25) is 0 Å². The van der Waals surface area contributed by atoms with Crippen molar-refractivity contribution in [3.8, 4) is 0 Å². The summed E-state index contributed by atoms with van der Waals surface area (Å²) >= 11 is 0. The molecule has 1 aromatic rings. The molecule has 2 nitrogen and oxygen atoms in total. The molecule has 17 heavy (non-hydrogen) atoms. The molecule has 0 spiro atoms. The van der Waals surface area contributed by atoms with Crippen molar-refractivity contribution in [2.24, 2.45) is 5.92 Å². The van der Waals surface area contributed by atoms with E-state index in [0.717, 1.165) is 0 Å². The van der Waals surface area contributed by atoms with Gasteiger partial charge >= 0.3 is 0 Å². The molecule has 0 aromatic heterocycles. The zero-order chi connectivity index (χ0) is 13.2. The molecule has 1 aromatic carbocycles. The van der Waals surface area contributed by atoms with Crippen molar-refractivity contribution in [2.45, 2.75) is 20.3 Å². The second-order valence-corrected chi connectivity index (χ2v) is 3.92. The van der Waals surface area contributed by atoms with E-state index in [1.54, 1.807) is 0 Å². The molecular formula is C12H11F3O2. The summed E-state index contributed by atoms with van der Waals surface area (Å²) in [5.41, 5.74) is -0.530. The van der Waals surface area contributed by atoms with Crippen molar-refractivity contribution in [1.82, 2.24) is 0 Å². The van der Waals surface area contributed by atoms with Crippen LogP contribution in [0.1, 0.15) is 30.6 Å². The van der Waals surface area contributed by atoms with Gasteiger partial charge in [0.25, 0.3) is 0 Å². The van der Waals surface area contributed by atoms with E-state index in [4.69, 9.17) is 0 Å². The number of Topliss-reactive ketones (excluding diaryl/α,β-unsaturated/α-hetero) is 2. The maximum absolute atomic E-state index is 13.3. The number of ketones is 2. The van der Waals surface area contributed by atoms with Crippen molar-refractivity contribution >= 4 is 11.6 Å². The SMILES string of the molecule is CC(=O)CC(C)C(=O)c1cc(F)c(F)cc1F. The van der Waals surface area contributed by atoms with Crippen LogP contribution in [-0.4, -0.2) is 11.6 Å². The highest BCUT2D eigenvalue weighted by atomic mass is 19.2. The predicted octanol–water partition coefficient (Wildman–Crippen LogP) is 2.90. The molecule has 92 valence electrons. The first-order chi connectivity index (χ1) is 7.82. The number of hydrogen-bond donors (Lipinski definition) is 0. The van der Waals surface area contributed by atoms with Gasteiger partial charge in [0.15, 0.2) is 17.4 Å². The van der Waals surface area contributed by atoms with Crippen LogP contribution in [0, 0.1) is 23.4 Å². The highest BCUT2D eigenvalue weighted by Gasteiger charge is 2.22. The predicted molar refractivity (Wildman–Crippen MR) is 55.1 cm³/mol. The van der Waals surface area contributed by atoms with E-state index in [-0.39, 0.29) is 12.2 Å². The van der Waals surface area contributed by atoms with Crippen molar-refractivity contribution in [1.29, 1.82) is 0 Å². The molecule has 1 unspecified atom stereocenters. The standard InChI is InChI=1S/C12H11F3O2/c1-6(3-7(2)16)12(17)8-4-10(14)11(15)5-9(8)13/h4-6H,3H2,1-2H3. The Morgan fingerprint density at radius 3 is 2.18 bits per heavy atom. The smallest absolute Gasteiger partial charge is 0.169 e. The van der Waals surface area contributed by atoms with Crippen molar-refractivity contribution < 1.29 is 22.8 Å². The van der Waals surface area contributed by atoms with Gasteiger partial charge in [0.05, 0.1) is 5.56 Å². The van der Waals surface area contributed by atoms with E-state index in [2.05, 4.69) is 0 Å². The average molecular weight is 244 g/mol. The van der Waals surface area contributed by atoms with Crippen LogP contribution in [0.4, 0.5) is 13.2 Å². The van der Waals surface area contributed by atoms with E-state index >= 15 is 0 Å². The quantitative estimate of drug-likeness (QED) is 0.602. The summed E-state index contributed by atoms with van der Waals surface area (Å²) in [5, 5.41) is 0. The van der Waals surface area contributed by atoms with E-state index in [1.165, 1.54) is 13.8 Å². The summed E-state index contributed by atoms with van der Waals surface area (Å²) in [7, 11) is 0. The van der Waals surface area contributed by atoms with Crippen molar-refractivity contribution in [2.75, 3.05) is 0 Å². The zero-order valence-corrected chi connectivity index (χ0v) is 9.39. The molecule has 0 aliphatic carbocycles. The molecule has 0 radical (unpaired) electrons. The summed E-state index contributed by atoms with van der Waals surface area (Å²) in [5.74, 6) is -5.45. The van der Waals surface area contributed by atoms with Gasteiger partial charge in [-0.3, -0.25) is 4.79 Å². The Morgan fingerprint density at radius 2 is 1.65 bits per heavy atom. The Labute approximate surface area is 96.4 Å². The minimum absolute atomic E-state index is 0.0583. The fraction of sp³-hybridized carbons (Fsp3) is 0.333. The van der Waals surface area contributed by atoms with Gasteiger partial charge in [-0.15, -0.1) is 0 Å². The molecule has 0 saturated carbocycles. The summed E-state index contributed by atoms with van der Waals surface area (Å²) in [4.78, 5) is 22.5. The Kier molecular flexibility index (Phi) is 4.04. The van der Waals surface area contributed by atoms with Crippen molar-refractivity contribution in [3.63, 3.8) is 0 Å². The lowest BCUT2D eigenvalue weighted by Gasteiger charge is -2.09. The van der Waals surface area contributed by atoms with E-state index in [9.17, 15) is 22.8 Å². The van der Waals surface area contributed by atoms with E-state index in [0.29, 0.717) is 12.1 Å². The van der Waals surface area contributed by atoms with Crippen molar-refractivity contribution in [3.05, 3.63) is 35.1 Å². The molecule has 0 aliphatic rings. The van der Waals surface area contributed by atoms with Gasteiger partial charge in [-0.25, -0.2) is 13.2 Å². The molecule has 1 atom stereocenters. The number of benzene rings is 1. The van der Waals surface area contributed by atoms with Crippen LogP contribution in [-0.2, 0) is 4.79 Å². The van der Waals surface area contributed by atoms with E-state index in [1.807, 2.05) is 0 Å². The summed E-state index contributed by atoms with van der Waals surface area (Å²) in [6.07, 6.45) is -0.0583. The maximum Gasteiger partial charge on any atom is 0.169 e. The van der Waals surface area contributed by atoms with Gasteiger partial charge in [-0.2, -0.15) is 0 Å². The third-order valence-electron chi connectivity index (χ3n) is 2.32. The Balaban J connectivity index is 3.04. The maximum atomic E-state index is 13.3. The van der Waals surface area contributed by atoms with Crippen LogP contribution in [0.3, 0.4) is 0 Å². The van der Waals surface area contributed by atoms with Gasteiger partial charge in [0.1, 0.15) is 11.6 Å². The van der Waals surface area contributed by atoms with Crippen LogP contribution in [0.5, 0.6) is 0 Å². The summed E-state index contributed by atoms with van der Waals surface area (Å²) < 4.78 is 38.8. The zero-order valence-electron chi connectivity index (χ0n) is 9.39. The number of carbonyl (C=O) groups excluding carboxylic acids is 2. The van der Waals surface area contributed by atoms with Crippen LogP contribution in [0.25, 0.3) is 0 Å². The normalized spacial score (nSPS) is 12.3. The molecule has 0 aliphatic heterocycles. The largest absolute Gasteiger partial charge is 0.300 e. The second kappa shape index (κ2) is 5.12.